The van der Waals surface area contributed by atoms with Gasteiger partial charge in [0, 0.05) is 0 Å². The average molecular weight is 526 g/mol. The van der Waals surface area contributed by atoms with Crippen molar-refractivity contribution in [2.75, 3.05) is 13.2 Å². The largest absolute Gasteiger partial charge is 0.486 e. The molecule has 1 aliphatic carbocycles. The zero-order chi connectivity index (χ0) is 26.2. The number of carbonyl (C=O) groups is 2. The SMILES string of the molecule is C/C=C(Cc1cccc2ccccc12)\C(=C1\SC(c2ccc3c(c2)OCCO3)=C(C(=O)O)N1C=O)C1CC1. The molecule has 0 aromatic heterocycles. The first-order valence-corrected chi connectivity index (χ1v) is 13.6. The minimum atomic E-state index is -1.14. The van der Waals surface area contributed by atoms with Crippen molar-refractivity contribution in [3.8, 4) is 11.5 Å². The highest BCUT2D eigenvalue weighted by Gasteiger charge is 2.40. The highest BCUT2D eigenvalue weighted by molar-refractivity contribution is 8.12. The number of carboxylic acid groups (broad SMARTS) is 1. The van der Waals surface area contributed by atoms with E-state index < -0.39 is 5.97 Å². The quantitative estimate of drug-likeness (QED) is 0.361. The fourth-order valence-electron chi connectivity index (χ4n) is 5.22. The molecule has 1 saturated carbocycles. The lowest BCUT2D eigenvalue weighted by atomic mass is 9.92. The molecule has 3 aromatic carbocycles. The summed E-state index contributed by atoms with van der Waals surface area (Å²) >= 11 is 1.35. The molecule has 192 valence electrons. The Hall–Kier alpha value is -3.97. The van der Waals surface area contributed by atoms with Gasteiger partial charge >= 0.3 is 5.97 Å². The molecule has 3 aromatic rings. The third-order valence-electron chi connectivity index (χ3n) is 7.16. The van der Waals surface area contributed by atoms with Gasteiger partial charge in [-0.25, -0.2) is 4.79 Å². The summed E-state index contributed by atoms with van der Waals surface area (Å²) in [5, 5.41) is 13.3. The van der Waals surface area contributed by atoms with Gasteiger partial charge in [0.25, 0.3) is 0 Å². The highest BCUT2D eigenvalue weighted by atomic mass is 32.2. The molecule has 1 fully saturated rings. The normalized spacial score (nSPS) is 18.7. The van der Waals surface area contributed by atoms with Crippen molar-refractivity contribution < 1.29 is 24.2 Å². The van der Waals surface area contributed by atoms with Crippen LogP contribution in [-0.2, 0) is 16.0 Å². The van der Waals surface area contributed by atoms with E-state index in [1.807, 2.05) is 25.1 Å². The Labute approximate surface area is 225 Å². The summed E-state index contributed by atoms with van der Waals surface area (Å²) in [4.78, 5) is 26.8. The van der Waals surface area contributed by atoms with E-state index in [1.165, 1.54) is 33.0 Å². The van der Waals surface area contributed by atoms with Crippen LogP contribution in [0.25, 0.3) is 15.7 Å². The average Bonchev–Trinajstić information content (AvgIpc) is 3.71. The number of aliphatic carboxylic acids is 1. The second kappa shape index (κ2) is 10.1. The van der Waals surface area contributed by atoms with Gasteiger partial charge in [-0.05, 0) is 83.3 Å². The molecule has 0 atom stereocenters. The maximum atomic E-state index is 12.5. The van der Waals surface area contributed by atoms with Crippen molar-refractivity contribution in [2.24, 2.45) is 5.92 Å². The molecule has 7 heteroatoms. The summed E-state index contributed by atoms with van der Waals surface area (Å²) in [5.74, 6) is 0.356. The second-order valence-electron chi connectivity index (χ2n) is 9.54. The van der Waals surface area contributed by atoms with Crippen molar-refractivity contribution >= 4 is 39.8 Å². The standard InChI is InChI=1S/C31H27NO5S/c1-2-19(16-22-8-5-7-20-6-3-4-9-24(20)22)27(21-10-11-21)30-32(18-33)28(31(34)35)29(38-30)23-12-13-25-26(17-23)37-15-14-36-25/h2-9,12-13,17-18,21H,10-11,14-16H2,1H3,(H,34,35)/b19-2-,30-27-. The van der Waals surface area contributed by atoms with Gasteiger partial charge in [0.2, 0.25) is 6.41 Å². The first-order valence-electron chi connectivity index (χ1n) is 12.8. The van der Waals surface area contributed by atoms with Crippen LogP contribution in [0.2, 0.25) is 0 Å². The lowest BCUT2D eigenvalue weighted by Gasteiger charge is -2.20. The lowest BCUT2D eigenvalue weighted by molar-refractivity contribution is -0.135. The maximum Gasteiger partial charge on any atom is 0.354 e. The van der Waals surface area contributed by atoms with Gasteiger partial charge in [-0.15, -0.1) is 0 Å². The smallest absolute Gasteiger partial charge is 0.354 e. The Kier molecular flexibility index (Phi) is 6.45. The van der Waals surface area contributed by atoms with E-state index in [2.05, 4.69) is 36.4 Å². The summed E-state index contributed by atoms with van der Waals surface area (Å²) in [6.45, 7) is 2.93. The molecule has 3 aliphatic rings. The summed E-state index contributed by atoms with van der Waals surface area (Å²) in [6.07, 6.45) is 5.46. The number of ether oxygens (including phenoxy) is 2. The number of hydrogen-bond acceptors (Lipinski definition) is 5. The third kappa shape index (κ3) is 4.37. The van der Waals surface area contributed by atoms with Gasteiger partial charge in [-0.3, -0.25) is 9.69 Å². The first kappa shape index (κ1) is 24.4. The molecule has 1 N–H and O–H groups in total. The summed E-state index contributed by atoms with van der Waals surface area (Å²) in [6, 6.07) is 20.1. The second-order valence-corrected chi connectivity index (χ2v) is 10.5. The molecule has 0 unspecified atom stereocenters. The summed E-state index contributed by atoms with van der Waals surface area (Å²) < 4.78 is 11.4. The minimum Gasteiger partial charge on any atom is -0.486 e. The molecule has 2 aliphatic heterocycles. The zero-order valence-corrected chi connectivity index (χ0v) is 21.8. The van der Waals surface area contributed by atoms with Crippen LogP contribution in [0.3, 0.4) is 0 Å². The fraction of sp³-hybridized carbons (Fsp3) is 0.226. The minimum absolute atomic E-state index is 0.0320. The van der Waals surface area contributed by atoms with Gasteiger partial charge in [0.1, 0.15) is 18.9 Å². The predicted molar refractivity (Wildman–Crippen MR) is 149 cm³/mol. The van der Waals surface area contributed by atoms with E-state index in [9.17, 15) is 14.7 Å². The zero-order valence-electron chi connectivity index (χ0n) is 21.0. The predicted octanol–water partition coefficient (Wildman–Crippen LogP) is 6.38. The summed E-state index contributed by atoms with van der Waals surface area (Å²) in [7, 11) is 0. The van der Waals surface area contributed by atoms with E-state index in [-0.39, 0.29) is 11.6 Å². The number of allylic oxidation sites excluding steroid dienone is 3. The monoisotopic (exact) mass is 525 g/mol. The number of hydrogen-bond donors (Lipinski definition) is 1. The number of thioether (sulfide) groups is 1. The molecule has 0 saturated heterocycles. The van der Waals surface area contributed by atoms with Crippen LogP contribution in [0, 0.1) is 5.92 Å². The molecule has 1 amide bonds. The van der Waals surface area contributed by atoms with Crippen LogP contribution in [0.4, 0.5) is 0 Å². The van der Waals surface area contributed by atoms with Gasteiger partial charge in [-0.1, -0.05) is 60.3 Å². The van der Waals surface area contributed by atoms with E-state index in [1.54, 1.807) is 12.1 Å². The molecule has 38 heavy (non-hydrogen) atoms. The Morgan fingerprint density at radius 3 is 2.55 bits per heavy atom. The van der Waals surface area contributed by atoms with Crippen LogP contribution < -0.4 is 9.47 Å². The van der Waals surface area contributed by atoms with Gasteiger partial charge in [0.05, 0.1) is 9.93 Å². The number of rotatable bonds is 7. The molecule has 0 bridgehead atoms. The molecule has 0 spiro atoms. The number of amides is 1. The molecule has 2 heterocycles. The Bertz CT molecular complexity index is 1540. The van der Waals surface area contributed by atoms with Crippen LogP contribution in [0.5, 0.6) is 11.5 Å². The summed E-state index contributed by atoms with van der Waals surface area (Å²) in [5.41, 5.74) is 4.03. The van der Waals surface area contributed by atoms with Crippen molar-refractivity contribution in [3.63, 3.8) is 0 Å². The van der Waals surface area contributed by atoms with Crippen molar-refractivity contribution in [3.05, 3.63) is 99.7 Å². The Balaban J connectivity index is 1.44. The van der Waals surface area contributed by atoms with Crippen LogP contribution in [0.15, 0.2) is 88.6 Å². The fourth-order valence-corrected chi connectivity index (χ4v) is 6.58. The first-order chi connectivity index (χ1) is 18.6. The van der Waals surface area contributed by atoms with Crippen LogP contribution in [-0.4, -0.2) is 35.6 Å². The van der Waals surface area contributed by atoms with E-state index in [0.29, 0.717) is 53.0 Å². The van der Waals surface area contributed by atoms with Crippen molar-refractivity contribution in [2.45, 2.75) is 26.2 Å². The van der Waals surface area contributed by atoms with Gasteiger partial charge < -0.3 is 14.6 Å². The van der Waals surface area contributed by atoms with Crippen LogP contribution in [0.1, 0.15) is 30.9 Å². The van der Waals surface area contributed by atoms with E-state index in [0.717, 1.165) is 24.0 Å². The molecular formula is C31H27NO5S. The van der Waals surface area contributed by atoms with E-state index in [4.69, 9.17) is 9.47 Å². The molecular weight excluding hydrogens is 498 g/mol. The molecule has 6 nitrogen and oxygen atoms in total. The number of benzene rings is 3. The van der Waals surface area contributed by atoms with Gasteiger partial charge in [0.15, 0.2) is 11.5 Å². The van der Waals surface area contributed by atoms with Crippen LogP contribution >= 0.6 is 11.8 Å². The molecule has 0 radical (unpaired) electrons. The Morgan fingerprint density at radius 1 is 1.05 bits per heavy atom. The number of fused-ring (bicyclic) bond motifs is 2. The lowest BCUT2D eigenvalue weighted by Crippen LogP contribution is -2.23. The molecule has 6 rings (SSSR count). The highest BCUT2D eigenvalue weighted by Crippen LogP contribution is 2.54. The van der Waals surface area contributed by atoms with Gasteiger partial charge in [-0.2, -0.15) is 0 Å². The van der Waals surface area contributed by atoms with Crippen molar-refractivity contribution in [1.29, 1.82) is 0 Å². The van der Waals surface area contributed by atoms with Crippen molar-refractivity contribution in [1.82, 2.24) is 4.90 Å². The number of nitrogens with zero attached hydrogens (tertiary/aromatic N) is 1. The maximum absolute atomic E-state index is 12.5. The topological polar surface area (TPSA) is 76.1 Å². The van der Waals surface area contributed by atoms with E-state index >= 15 is 0 Å². The number of carboxylic acids is 1. The number of carbonyl (C=O) groups excluding carboxylic acids is 1. The Morgan fingerprint density at radius 2 is 1.82 bits per heavy atom. The third-order valence-corrected chi connectivity index (χ3v) is 8.40.